The molecule has 0 aromatic heterocycles. The predicted molar refractivity (Wildman–Crippen MR) is 75.3 cm³/mol. The van der Waals surface area contributed by atoms with Gasteiger partial charge in [0.15, 0.2) is 0 Å². The molecule has 2 aliphatic carbocycles. The van der Waals surface area contributed by atoms with Crippen molar-refractivity contribution in [3.8, 4) is 0 Å². The summed E-state index contributed by atoms with van der Waals surface area (Å²) in [4.78, 5) is 24.2. The average Bonchev–Trinajstić information content (AvgIpc) is 3.06. The molecule has 2 bridgehead atoms. The van der Waals surface area contributed by atoms with E-state index in [1.165, 1.54) is 6.08 Å². The van der Waals surface area contributed by atoms with E-state index in [1.54, 1.807) is 0 Å². The van der Waals surface area contributed by atoms with Gasteiger partial charge in [0, 0.05) is 23.8 Å². The molecule has 0 radical (unpaired) electrons. The standard InChI is InChI=1S/C17H22O4/c1-3-5-8-9-6-10(9)15(19)11-7-12-17(21-13(18)4-2)14(8)16(11)20-12/h4,8-12,14,16-17H,2-3,5-7H2,1H3/t8-,9?,10?,11?,12?,14?,16?,17?/m1/s1. The highest BCUT2D eigenvalue weighted by molar-refractivity contribution is 5.88. The van der Waals surface area contributed by atoms with Crippen LogP contribution in [0.3, 0.4) is 0 Å². The summed E-state index contributed by atoms with van der Waals surface area (Å²) in [5.74, 6) is 1.53. The molecule has 2 heterocycles. The maximum absolute atomic E-state index is 12.6. The molecule has 114 valence electrons. The van der Waals surface area contributed by atoms with E-state index in [2.05, 4.69) is 13.5 Å². The molecule has 4 aliphatic rings. The van der Waals surface area contributed by atoms with Crippen LogP contribution in [0.15, 0.2) is 12.7 Å². The van der Waals surface area contributed by atoms with Gasteiger partial charge in [-0.05, 0) is 31.1 Å². The summed E-state index contributed by atoms with van der Waals surface area (Å²) < 4.78 is 11.7. The van der Waals surface area contributed by atoms with Crippen molar-refractivity contribution in [2.75, 3.05) is 0 Å². The van der Waals surface area contributed by atoms with Gasteiger partial charge in [0.05, 0.1) is 12.2 Å². The number of ether oxygens (including phenoxy) is 2. The lowest BCUT2D eigenvalue weighted by atomic mass is 9.71. The van der Waals surface area contributed by atoms with Crippen LogP contribution in [0, 0.1) is 29.6 Å². The van der Waals surface area contributed by atoms with Gasteiger partial charge in [0.2, 0.25) is 0 Å². The summed E-state index contributed by atoms with van der Waals surface area (Å²) in [7, 11) is 0. The molecule has 0 aromatic carbocycles. The Balaban J connectivity index is 1.66. The summed E-state index contributed by atoms with van der Waals surface area (Å²) in [5.41, 5.74) is 0. The third-order valence-corrected chi connectivity index (χ3v) is 6.00. The van der Waals surface area contributed by atoms with Crippen LogP contribution in [0.4, 0.5) is 0 Å². The van der Waals surface area contributed by atoms with Crippen molar-refractivity contribution in [3.63, 3.8) is 0 Å². The van der Waals surface area contributed by atoms with Crippen molar-refractivity contribution in [1.82, 2.24) is 0 Å². The van der Waals surface area contributed by atoms with Crippen molar-refractivity contribution in [3.05, 3.63) is 12.7 Å². The fourth-order valence-corrected chi connectivity index (χ4v) is 5.16. The number of carbonyl (C=O) groups excluding carboxylic acids is 2. The quantitative estimate of drug-likeness (QED) is 0.588. The normalized spacial score (nSPS) is 49.5. The number of ketones is 1. The zero-order chi connectivity index (χ0) is 14.7. The Labute approximate surface area is 124 Å². The van der Waals surface area contributed by atoms with Crippen molar-refractivity contribution in [2.45, 2.75) is 50.9 Å². The van der Waals surface area contributed by atoms with Crippen LogP contribution >= 0.6 is 0 Å². The number of fused-ring (bicyclic) bond motifs is 2. The third kappa shape index (κ3) is 1.84. The van der Waals surface area contributed by atoms with E-state index in [9.17, 15) is 9.59 Å². The van der Waals surface area contributed by atoms with E-state index in [-0.39, 0.29) is 42.0 Å². The van der Waals surface area contributed by atoms with Crippen LogP contribution in [0.2, 0.25) is 0 Å². The van der Waals surface area contributed by atoms with Gasteiger partial charge in [0.25, 0.3) is 0 Å². The molecule has 0 N–H and O–H groups in total. The molecule has 0 amide bonds. The molecule has 2 saturated carbocycles. The van der Waals surface area contributed by atoms with Crippen LogP contribution in [0.1, 0.15) is 32.6 Å². The number of hydrogen-bond donors (Lipinski definition) is 0. The minimum atomic E-state index is -0.370. The van der Waals surface area contributed by atoms with E-state index in [0.29, 0.717) is 17.6 Å². The van der Waals surface area contributed by atoms with Crippen molar-refractivity contribution in [1.29, 1.82) is 0 Å². The maximum atomic E-state index is 12.6. The fraction of sp³-hybridized carbons (Fsp3) is 0.765. The zero-order valence-electron chi connectivity index (χ0n) is 12.4. The summed E-state index contributed by atoms with van der Waals surface area (Å²) in [6, 6.07) is 0. The molecule has 4 fully saturated rings. The Morgan fingerprint density at radius 3 is 2.95 bits per heavy atom. The second-order valence-electron chi connectivity index (χ2n) is 7.03. The van der Waals surface area contributed by atoms with E-state index in [0.717, 1.165) is 25.7 Å². The minimum Gasteiger partial charge on any atom is -0.456 e. The molecule has 0 aromatic rings. The summed E-state index contributed by atoms with van der Waals surface area (Å²) in [6.45, 7) is 5.67. The van der Waals surface area contributed by atoms with E-state index >= 15 is 0 Å². The van der Waals surface area contributed by atoms with Gasteiger partial charge < -0.3 is 9.47 Å². The first-order chi connectivity index (χ1) is 10.2. The number of Topliss-reactive ketones (excluding diaryl/α,β-unsaturated/α-hetero) is 1. The molecule has 7 unspecified atom stereocenters. The van der Waals surface area contributed by atoms with Gasteiger partial charge in [-0.1, -0.05) is 19.9 Å². The summed E-state index contributed by atoms with van der Waals surface area (Å²) >= 11 is 0. The van der Waals surface area contributed by atoms with Crippen molar-refractivity contribution >= 4 is 11.8 Å². The van der Waals surface area contributed by atoms with Gasteiger partial charge in [-0.2, -0.15) is 0 Å². The molecule has 21 heavy (non-hydrogen) atoms. The molecule has 0 spiro atoms. The third-order valence-electron chi connectivity index (χ3n) is 6.00. The lowest BCUT2D eigenvalue weighted by Gasteiger charge is -2.35. The second kappa shape index (κ2) is 4.67. The Morgan fingerprint density at radius 2 is 2.24 bits per heavy atom. The molecule has 2 aliphatic heterocycles. The van der Waals surface area contributed by atoms with E-state index < -0.39 is 0 Å². The Kier molecular flexibility index (Phi) is 3.00. The first-order valence-corrected chi connectivity index (χ1v) is 8.18. The van der Waals surface area contributed by atoms with Crippen LogP contribution < -0.4 is 0 Å². The Bertz CT molecular complexity index is 499. The lowest BCUT2D eigenvalue weighted by Crippen LogP contribution is -2.44. The fourth-order valence-electron chi connectivity index (χ4n) is 5.16. The van der Waals surface area contributed by atoms with Gasteiger partial charge >= 0.3 is 5.97 Å². The monoisotopic (exact) mass is 290 g/mol. The number of esters is 1. The van der Waals surface area contributed by atoms with Crippen molar-refractivity contribution < 1.29 is 19.1 Å². The maximum Gasteiger partial charge on any atom is 0.330 e. The molecule has 2 saturated heterocycles. The van der Waals surface area contributed by atoms with Crippen molar-refractivity contribution in [2.24, 2.45) is 29.6 Å². The van der Waals surface area contributed by atoms with E-state index in [4.69, 9.17) is 9.47 Å². The van der Waals surface area contributed by atoms with Crippen LogP contribution in [0.25, 0.3) is 0 Å². The molecule has 4 nitrogen and oxygen atoms in total. The molecule has 4 heteroatoms. The largest absolute Gasteiger partial charge is 0.456 e. The number of rotatable bonds is 4. The van der Waals surface area contributed by atoms with Crippen LogP contribution in [-0.2, 0) is 19.1 Å². The van der Waals surface area contributed by atoms with Gasteiger partial charge in [-0.3, -0.25) is 4.79 Å². The second-order valence-corrected chi connectivity index (χ2v) is 7.03. The Hall–Kier alpha value is -1.16. The summed E-state index contributed by atoms with van der Waals surface area (Å²) in [5, 5.41) is 0. The highest BCUT2D eigenvalue weighted by atomic mass is 16.6. The molecule has 4 rings (SSSR count). The highest BCUT2D eigenvalue weighted by Gasteiger charge is 2.67. The van der Waals surface area contributed by atoms with Gasteiger partial charge in [-0.15, -0.1) is 0 Å². The highest BCUT2D eigenvalue weighted by Crippen LogP contribution is 2.61. The SMILES string of the molecule is C=CC(=O)OC1C2CC3C(=O)C4CC4[C@@H](CCC)C1C3O2. The van der Waals surface area contributed by atoms with Gasteiger partial charge in [0.1, 0.15) is 11.9 Å². The Morgan fingerprint density at radius 1 is 1.43 bits per heavy atom. The molecular formula is C17H22O4. The average molecular weight is 290 g/mol. The number of hydrogen-bond acceptors (Lipinski definition) is 4. The minimum absolute atomic E-state index is 0.0190. The topological polar surface area (TPSA) is 52.6 Å². The van der Waals surface area contributed by atoms with Crippen LogP contribution in [-0.4, -0.2) is 30.1 Å². The lowest BCUT2D eigenvalue weighted by molar-refractivity contribution is -0.149. The van der Waals surface area contributed by atoms with E-state index in [1.807, 2.05) is 0 Å². The first-order valence-electron chi connectivity index (χ1n) is 8.18. The van der Waals surface area contributed by atoms with Gasteiger partial charge in [-0.25, -0.2) is 4.79 Å². The summed E-state index contributed by atoms with van der Waals surface area (Å²) in [6.07, 6.45) is 4.90. The molecule has 8 atom stereocenters. The molecular weight excluding hydrogens is 268 g/mol. The predicted octanol–water partition coefficient (Wildman–Crippen LogP) is 2.12. The zero-order valence-corrected chi connectivity index (χ0v) is 12.4. The van der Waals surface area contributed by atoms with Crippen LogP contribution in [0.5, 0.6) is 0 Å². The number of carbonyl (C=O) groups is 2. The first kappa shape index (κ1) is 13.5. The smallest absolute Gasteiger partial charge is 0.330 e.